The van der Waals surface area contributed by atoms with E-state index in [-0.39, 0.29) is 28.3 Å². The van der Waals surface area contributed by atoms with Crippen molar-refractivity contribution in [1.29, 1.82) is 0 Å². The van der Waals surface area contributed by atoms with Crippen LogP contribution >= 0.6 is 35.0 Å². The normalized spacial score (nSPS) is 14.6. The predicted octanol–water partition coefficient (Wildman–Crippen LogP) is 6.46. The molecule has 9 heteroatoms. The second kappa shape index (κ2) is 10.3. The van der Waals surface area contributed by atoms with Gasteiger partial charge in [0.2, 0.25) is 0 Å². The minimum atomic E-state index is -0.564. The molecule has 1 fully saturated rings. The van der Waals surface area contributed by atoms with Crippen LogP contribution < -0.4 is 9.47 Å². The Hall–Kier alpha value is -3.26. The average Bonchev–Trinajstić information content (AvgIpc) is 3.09. The molecular formula is C25H17Cl2NO5S. The van der Waals surface area contributed by atoms with Gasteiger partial charge < -0.3 is 9.47 Å². The summed E-state index contributed by atoms with van der Waals surface area (Å²) >= 11 is 12.6. The number of ether oxygens (including phenoxy) is 2. The summed E-state index contributed by atoms with van der Waals surface area (Å²) in [6.45, 7) is 0.155. The number of esters is 1. The molecule has 0 radical (unpaired) electrons. The number of amides is 2. The summed E-state index contributed by atoms with van der Waals surface area (Å²) < 4.78 is 10.8. The van der Waals surface area contributed by atoms with Crippen molar-refractivity contribution >= 4 is 58.2 Å². The van der Waals surface area contributed by atoms with Crippen LogP contribution in [0, 0.1) is 0 Å². The Kier molecular flexibility index (Phi) is 7.26. The van der Waals surface area contributed by atoms with E-state index in [9.17, 15) is 14.4 Å². The van der Waals surface area contributed by atoms with Crippen LogP contribution in [0.15, 0.2) is 71.6 Å². The van der Waals surface area contributed by atoms with Gasteiger partial charge in [-0.25, -0.2) is 4.79 Å². The average molecular weight is 514 g/mol. The third-order valence-electron chi connectivity index (χ3n) is 4.90. The molecule has 1 saturated heterocycles. The van der Waals surface area contributed by atoms with Gasteiger partial charge in [0.05, 0.1) is 24.1 Å². The number of carbonyl (C=O) groups is 3. The summed E-state index contributed by atoms with van der Waals surface area (Å²) in [4.78, 5) is 39.1. The Morgan fingerprint density at radius 1 is 0.941 bits per heavy atom. The lowest BCUT2D eigenvalue weighted by atomic mass is 10.1. The number of hydrogen-bond acceptors (Lipinski definition) is 6. The molecule has 1 aliphatic rings. The molecule has 34 heavy (non-hydrogen) atoms. The lowest BCUT2D eigenvalue weighted by Crippen LogP contribution is -2.27. The van der Waals surface area contributed by atoms with Gasteiger partial charge in [0.1, 0.15) is 0 Å². The van der Waals surface area contributed by atoms with Crippen LogP contribution in [0.1, 0.15) is 21.5 Å². The van der Waals surface area contributed by atoms with Crippen molar-refractivity contribution in [2.75, 3.05) is 7.11 Å². The summed E-state index contributed by atoms with van der Waals surface area (Å²) in [6.07, 6.45) is 1.60. The first-order valence-electron chi connectivity index (χ1n) is 9.99. The van der Waals surface area contributed by atoms with Crippen molar-refractivity contribution in [2.24, 2.45) is 0 Å². The van der Waals surface area contributed by atoms with E-state index in [2.05, 4.69) is 0 Å². The van der Waals surface area contributed by atoms with Crippen LogP contribution in [0.3, 0.4) is 0 Å². The maximum Gasteiger partial charge on any atom is 0.343 e. The minimum absolute atomic E-state index is 0.155. The molecule has 0 spiro atoms. The van der Waals surface area contributed by atoms with Crippen molar-refractivity contribution < 1.29 is 23.9 Å². The number of halogens is 2. The first-order valence-corrected chi connectivity index (χ1v) is 11.6. The highest BCUT2D eigenvalue weighted by Crippen LogP contribution is 2.35. The van der Waals surface area contributed by atoms with E-state index in [0.29, 0.717) is 26.9 Å². The van der Waals surface area contributed by atoms with Gasteiger partial charge in [-0.1, -0.05) is 41.4 Å². The lowest BCUT2D eigenvalue weighted by molar-refractivity contribution is -0.123. The Morgan fingerprint density at radius 2 is 1.59 bits per heavy atom. The van der Waals surface area contributed by atoms with Gasteiger partial charge in [-0.2, -0.15) is 0 Å². The first-order chi connectivity index (χ1) is 16.3. The summed E-state index contributed by atoms with van der Waals surface area (Å²) in [5, 5.41) is 0.733. The summed E-state index contributed by atoms with van der Waals surface area (Å²) in [5.41, 5.74) is 1.74. The van der Waals surface area contributed by atoms with Crippen LogP contribution in [0.4, 0.5) is 4.79 Å². The second-order valence-corrected chi connectivity index (χ2v) is 9.07. The molecule has 0 bridgehead atoms. The zero-order valence-electron chi connectivity index (χ0n) is 17.8. The fourth-order valence-corrected chi connectivity index (χ4v) is 4.25. The van der Waals surface area contributed by atoms with Gasteiger partial charge >= 0.3 is 5.97 Å². The predicted molar refractivity (Wildman–Crippen MR) is 132 cm³/mol. The number of imide groups is 1. The molecule has 172 valence electrons. The van der Waals surface area contributed by atoms with Crippen LogP contribution in [-0.2, 0) is 11.3 Å². The highest BCUT2D eigenvalue weighted by molar-refractivity contribution is 8.18. The highest BCUT2D eigenvalue weighted by Gasteiger charge is 2.35. The van der Waals surface area contributed by atoms with Crippen molar-refractivity contribution in [2.45, 2.75) is 6.54 Å². The number of carbonyl (C=O) groups excluding carboxylic acids is 3. The fraction of sp³-hybridized carbons (Fsp3) is 0.0800. The number of nitrogens with zero attached hydrogens (tertiary/aromatic N) is 1. The molecule has 2 amide bonds. The monoisotopic (exact) mass is 513 g/mol. The van der Waals surface area contributed by atoms with E-state index in [4.69, 9.17) is 32.7 Å². The zero-order valence-corrected chi connectivity index (χ0v) is 20.1. The van der Waals surface area contributed by atoms with E-state index >= 15 is 0 Å². The van der Waals surface area contributed by atoms with E-state index < -0.39 is 5.97 Å². The van der Waals surface area contributed by atoms with Crippen LogP contribution in [-0.4, -0.2) is 29.1 Å². The highest BCUT2D eigenvalue weighted by atomic mass is 35.5. The van der Waals surface area contributed by atoms with Crippen molar-refractivity contribution in [3.8, 4) is 11.5 Å². The molecule has 0 aromatic heterocycles. The van der Waals surface area contributed by atoms with E-state index in [0.717, 1.165) is 17.3 Å². The van der Waals surface area contributed by atoms with Crippen molar-refractivity contribution in [3.05, 3.63) is 98.4 Å². The number of hydrogen-bond donors (Lipinski definition) is 0. The van der Waals surface area contributed by atoms with Gasteiger partial charge in [-0.05, 0) is 77.5 Å². The van der Waals surface area contributed by atoms with Crippen LogP contribution in [0.5, 0.6) is 11.5 Å². The SMILES string of the molecule is COc1cc(/C=C2\SC(=O)N(Cc3ccc(Cl)cc3)C2=O)ccc1OC(=O)c1ccc(Cl)cc1. The standard InChI is InChI=1S/C25H17Cl2NO5S/c1-32-21-12-16(4-11-20(21)33-24(30)17-5-9-19(27)10-6-17)13-22-23(29)28(25(31)34-22)14-15-2-7-18(26)8-3-15/h2-13H,14H2,1H3/b22-13-. The topological polar surface area (TPSA) is 72.9 Å². The van der Waals surface area contributed by atoms with E-state index in [1.807, 2.05) is 0 Å². The van der Waals surface area contributed by atoms with Crippen LogP contribution in [0.25, 0.3) is 6.08 Å². The minimum Gasteiger partial charge on any atom is -0.493 e. The molecule has 0 unspecified atom stereocenters. The number of rotatable bonds is 6. The third-order valence-corrected chi connectivity index (χ3v) is 6.31. The molecule has 3 aromatic carbocycles. The summed E-state index contributed by atoms with van der Waals surface area (Å²) in [5.74, 6) is -0.430. The number of methoxy groups -OCH3 is 1. The fourth-order valence-electron chi connectivity index (χ4n) is 3.16. The molecule has 0 N–H and O–H groups in total. The molecule has 3 aromatic rings. The third kappa shape index (κ3) is 5.44. The number of thioether (sulfide) groups is 1. The van der Waals surface area contributed by atoms with Gasteiger partial charge in [0.25, 0.3) is 11.1 Å². The van der Waals surface area contributed by atoms with Crippen molar-refractivity contribution in [3.63, 3.8) is 0 Å². The smallest absolute Gasteiger partial charge is 0.343 e. The lowest BCUT2D eigenvalue weighted by Gasteiger charge is -2.12. The summed E-state index contributed by atoms with van der Waals surface area (Å²) in [6, 6.07) is 18.1. The molecule has 6 nitrogen and oxygen atoms in total. The van der Waals surface area contributed by atoms with E-state index in [1.54, 1.807) is 72.8 Å². The van der Waals surface area contributed by atoms with Crippen LogP contribution in [0.2, 0.25) is 10.0 Å². The van der Waals surface area contributed by atoms with Gasteiger partial charge in [-0.15, -0.1) is 0 Å². The maximum absolute atomic E-state index is 12.8. The molecule has 1 aliphatic heterocycles. The van der Waals surface area contributed by atoms with Gasteiger partial charge in [-0.3, -0.25) is 14.5 Å². The molecule has 4 rings (SSSR count). The molecule has 0 atom stereocenters. The maximum atomic E-state index is 12.8. The Bertz CT molecular complexity index is 1290. The first kappa shape index (κ1) is 23.9. The molecule has 0 saturated carbocycles. The van der Waals surface area contributed by atoms with Gasteiger partial charge in [0.15, 0.2) is 11.5 Å². The second-order valence-electron chi connectivity index (χ2n) is 7.20. The largest absolute Gasteiger partial charge is 0.493 e. The molecule has 1 heterocycles. The zero-order chi connectivity index (χ0) is 24.2. The summed E-state index contributed by atoms with van der Waals surface area (Å²) in [7, 11) is 1.44. The van der Waals surface area contributed by atoms with E-state index in [1.165, 1.54) is 12.0 Å². The molecular weight excluding hydrogens is 497 g/mol. The quantitative estimate of drug-likeness (QED) is 0.214. The Balaban J connectivity index is 1.50. The van der Waals surface area contributed by atoms with Crippen molar-refractivity contribution in [1.82, 2.24) is 4.90 Å². The van der Waals surface area contributed by atoms with Gasteiger partial charge in [0, 0.05) is 10.0 Å². The number of benzene rings is 3. The molecule has 0 aliphatic carbocycles. The Morgan fingerprint density at radius 3 is 2.24 bits per heavy atom. The Labute approximate surface area is 210 Å².